The summed E-state index contributed by atoms with van der Waals surface area (Å²) in [4.78, 5) is 11.2. The molecule has 1 heterocycles. The summed E-state index contributed by atoms with van der Waals surface area (Å²) in [6, 6.07) is 13.7. The molecular formula is C17H14N2O3. The van der Waals surface area contributed by atoms with E-state index in [1.165, 1.54) is 11.1 Å². The van der Waals surface area contributed by atoms with Crippen LogP contribution in [0.2, 0.25) is 0 Å². The summed E-state index contributed by atoms with van der Waals surface area (Å²) in [5, 5.41) is 16.2. The molecule has 0 spiro atoms. The normalized spacial score (nSPS) is 14.2. The van der Waals surface area contributed by atoms with Crippen molar-refractivity contribution in [2.45, 2.75) is 18.9 Å². The van der Waals surface area contributed by atoms with Crippen molar-refractivity contribution in [2.75, 3.05) is 0 Å². The zero-order valence-corrected chi connectivity index (χ0v) is 11.7. The van der Waals surface area contributed by atoms with Crippen LogP contribution in [0.1, 0.15) is 21.6 Å². The third-order valence-electron chi connectivity index (χ3n) is 4.05. The molecule has 0 saturated heterocycles. The van der Waals surface area contributed by atoms with E-state index in [0.717, 1.165) is 12.8 Å². The van der Waals surface area contributed by atoms with E-state index in [0.29, 0.717) is 16.7 Å². The molecule has 2 N–H and O–H groups in total. The molecule has 3 aromatic rings. The van der Waals surface area contributed by atoms with Gasteiger partial charge in [0.2, 0.25) is 0 Å². The molecule has 2 aromatic carbocycles. The quantitative estimate of drug-likeness (QED) is 0.779. The van der Waals surface area contributed by atoms with Crippen molar-refractivity contribution in [1.29, 1.82) is 0 Å². The molecule has 22 heavy (non-hydrogen) atoms. The van der Waals surface area contributed by atoms with Crippen LogP contribution in [0.3, 0.4) is 0 Å². The highest BCUT2D eigenvalue weighted by Crippen LogP contribution is 2.28. The van der Waals surface area contributed by atoms with Gasteiger partial charge in [-0.25, -0.2) is 4.79 Å². The van der Waals surface area contributed by atoms with Gasteiger partial charge < -0.3 is 9.84 Å². The zero-order chi connectivity index (χ0) is 15.1. The largest absolute Gasteiger partial charge is 0.490 e. The number of carboxylic acid groups (broad SMARTS) is 1. The van der Waals surface area contributed by atoms with Gasteiger partial charge in [0.25, 0.3) is 0 Å². The molecule has 0 saturated carbocycles. The Hall–Kier alpha value is -2.82. The summed E-state index contributed by atoms with van der Waals surface area (Å²) in [6.07, 6.45) is 1.85. The number of carbonyl (C=O) groups is 1. The first-order chi connectivity index (χ1) is 10.7. The summed E-state index contributed by atoms with van der Waals surface area (Å²) in [5.74, 6) is -0.370. The van der Waals surface area contributed by atoms with Crippen molar-refractivity contribution in [1.82, 2.24) is 10.2 Å². The van der Waals surface area contributed by atoms with Crippen LogP contribution in [0.4, 0.5) is 0 Å². The topological polar surface area (TPSA) is 75.2 Å². The van der Waals surface area contributed by atoms with Gasteiger partial charge in [-0.1, -0.05) is 24.3 Å². The maximum atomic E-state index is 11.2. The van der Waals surface area contributed by atoms with Crippen molar-refractivity contribution in [3.8, 4) is 5.75 Å². The minimum atomic E-state index is -1.04. The lowest BCUT2D eigenvalue weighted by molar-refractivity contribution is 0.0692. The van der Waals surface area contributed by atoms with Gasteiger partial charge in [0.1, 0.15) is 11.9 Å². The molecule has 1 aliphatic rings. The van der Waals surface area contributed by atoms with Gasteiger partial charge in [0.05, 0.1) is 5.52 Å². The lowest BCUT2D eigenvalue weighted by atomic mass is 10.1. The molecule has 0 amide bonds. The number of nitrogens with zero attached hydrogens (tertiary/aromatic N) is 1. The highest BCUT2D eigenvalue weighted by Gasteiger charge is 2.23. The summed E-state index contributed by atoms with van der Waals surface area (Å²) in [5.41, 5.74) is 3.36. The smallest absolute Gasteiger partial charge is 0.357 e. The number of fused-ring (bicyclic) bond motifs is 2. The number of aromatic nitrogens is 2. The van der Waals surface area contributed by atoms with Crippen molar-refractivity contribution >= 4 is 16.9 Å². The Morgan fingerprint density at radius 2 is 1.91 bits per heavy atom. The van der Waals surface area contributed by atoms with Gasteiger partial charge in [0.15, 0.2) is 5.69 Å². The van der Waals surface area contributed by atoms with Crippen molar-refractivity contribution < 1.29 is 14.6 Å². The maximum absolute atomic E-state index is 11.2. The number of benzene rings is 2. The first-order valence-electron chi connectivity index (χ1n) is 7.15. The fraction of sp³-hybridized carbons (Fsp3) is 0.176. The van der Waals surface area contributed by atoms with Crippen LogP contribution >= 0.6 is 0 Å². The van der Waals surface area contributed by atoms with Crippen molar-refractivity contribution in [3.05, 3.63) is 59.3 Å². The standard InChI is InChI=1S/C17H14N2O3/c20-17(21)16-14-9-12(5-6-15(14)18-19-16)22-13-7-10-3-1-2-4-11(10)8-13/h1-6,9,13H,7-8H2,(H,18,19)(H,20,21). The molecule has 1 aromatic heterocycles. The number of rotatable bonds is 3. The Morgan fingerprint density at radius 3 is 2.59 bits per heavy atom. The van der Waals surface area contributed by atoms with Gasteiger partial charge in [-0.2, -0.15) is 5.10 Å². The fourth-order valence-corrected chi connectivity index (χ4v) is 3.02. The Morgan fingerprint density at radius 1 is 1.18 bits per heavy atom. The van der Waals surface area contributed by atoms with E-state index >= 15 is 0 Å². The lowest BCUT2D eigenvalue weighted by Gasteiger charge is -2.13. The third kappa shape index (κ3) is 2.11. The number of hydrogen-bond donors (Lipinski definition) is 2. The van der Waals surface area contributed by atoms with E-state index in [1.54, 1.807) is 12.1 Å². The summed E-state index contributed by atoms with van der Waals surface area (Å²) in [6.45, 7) is 0. The molecule has 0 unspecified atom stereocenters. The Labute approximate surface area is 126 Å². The summed E-state index contributed by atoms with van der Waals surface area (Å²) in [7, 11) is 0. The van der Waals surface area contributed by atoms with Crippen LogP contribution in [0.5, 0.6) is 5.75 Å². The SMILES string of the molecule is O=C(O)c1n[nH]c2ccc(OC3Cc4ccccc4C3)cc12. The average molecular weight is 294 g/mol. The molecule has 1 aliphatic carbocycles. The lowest BCUT2D eigenvalue weighted by Crippen LogP contribution is -2.16. The van der Waals surface area contributed by atoms with E-state index in [-0.39, 0.29) is 11.8 Å². The number of aromatic carboxylic acids is 1. The van der Waals surface area contributed by atoms with E-state index in [2.05, 4.69) is 22.3 Å². The first-order valence-corrected chi connectivity index (χ1v) is 7.15. The minimum absolute atomic E-state index is 0.0233. The second-order valence-electron chi connectivity index (χ2n) is 5.50. The number of ether oxygens (including phenoxy) is 1. The first kappa shape index (κ1) is 12.9. The number of hydrogen-bond acceptors (Lipinski definition) is 3. The molecule has 5 nitrogen and oxygen atoms in total. The van der Waals surface area contributed by atoms with Crippen LogP contribution in [-0.2, 0) is 12.8 Å². The molecule has 110 valence electrons. The minimum Gasteiger partial charge on any atom is -0.490 e. The van der Waals surface area contributed by atoms with Gasteiger partial charge in [-0.15, -0.1) is 0 Å². The van der Waals surface area contributed by atoms with Crippen LogP contribution in [-0.4, -0.2) is 27.4 Å². The average Bonchev–Trinajstić information content (AvgIpc) is 3.09. The Bertz CT molecular complexity index is 844. The molecule has 0 aliphatic heterocycles. The summed E-state index contributed by atoms with van der Waals surface area (Å²) >= 11 is 0. The Balaban J connectivity index is 1.60. The van der Waals surface area contributed by atoms with Crippen molar-refractivity contribution in [3.63, 3.8) is 0 Å². The third-order valence-corrected chi connectivity index (χ3v) is 4.05. The summed E-state index contributed by atoms with van der Waals surface area (Å²) < 4.78 is 6.04. The van der Waals surface area contributed by atoms with Gasteiger partial charge in [-0.3, -0.25) is 5.10 Å². The second-order valence-corrected chi connectivity index (χ2v) is 5.50. The van der Waals surface area contributed by atoms with E-state index in [1.807, 2.05) is 18.2 Å². The molecule has 0 fully saturated rings. The van der Waals surface area contributed by atoms with Gasteiger partial charge in [-0.05, 0) is 29.3 Å². The van der Waals surface area contributed by atoms with Crippen LogP contribution in [0.15, 0.2) is 42.5 Å². The molecular weight excluding hydrogens is 280 g/mol. The van der Waals surface area contributed by atoms with E-state index < -0.39 is 5.97 Å². The molecule has 0 radical (unpaired) electrons. The Kier molecular flexibility index (Phi) is 2.85. The van der Waals surface area contributed by atoms with Crippen molar-refractivity contribution in [2.24, 2.45) is 0 Å². The molecule has 0 bridgehead atoms. The number of nitrogens with one attached hydrogen (secondary N) is 1. The van der Waals surface area contributed by atoms with Crippen LogP contribution in [0, 0.1) is 0 Å². The van der Waals surface area contributed by atoms with Gasteiger partial charge >= 0.3 is 5.97 Å². The fourth-order valence-electron chi connectivity index (χ4n) is 3.02. The molecule has 4 rings (SSSR count). The second kappa shape index (κ2) is 4.87. The number of carboxylic acids is 1. The van der Waals surface area contributed by atoms with Gasteiger partial charge in [0, 0.05) is 18.2 Å². The predicted molar refractivity (Wildman–Crippen MR) is 81.3 cm³/mol. The zero-order valence-electron chi connectivity index (χ0n) is 11.7. The van der Waals surface area contributed by atoms with Crippen LogP contribution < -0.4 is 4.74 Å². The highest BCUT2D eigenvalue weighted by molar-refractivity contribution is 6.01. The van der Waals surface area contributed by atoms with E-state index in [9.17, 15) is 4.79 Å². The highest BCUT2D eigenvalue weighted by atomic mass is 16.5. The molecule has 0 atom stereocenters. The van der Waals surface area contributed by atoms with E-state index in [4.69, 9.17) is 9.84 Å². The molecule has 5 heteroatoms. The maximum Gasteiger partial charge on any atom is 0.357 e. The predicted octanol–water partition coefficient (Wildman–Crippen LogP) is 2.81. The number of aromatic amines is 1. The van der Waals surface area contributed by atoms with Crippen LogP contribution in [0.25, 0.3) is 10.9 Å². The number of H-pyrrole nitrogens is 1. The monoisotopic (exact) mass is 294 g/mol.